The Balaban J connectivity index is 2.73. The molecule has 1 rings (SSSR count). The van der Waals surface area contributed by atoms with Crippen LogP contribution in [-0.2, 0) is 0 Å². The molecule has 0 atom stereocenters. The Morgan fingerprint density at radius 2 is 1.85 bits per heavy atom. The van der Waals surface area contributed by atoms with Crippen molar-refractivity contribution in [3.8, 4) is 5.75 Å². The van der Waals surface area contributed by atoms with Gasteiger partial charge in [-0.3, -0.25) is 9.69 Å². The summed E-state index contributed by atoms with van der Waals surface area (Å²) in [6.45, 7) is 5.17. The number of ether oxygens (including phenoxy) is 1. The highest BCUT2D eigenvalue weighted by atomic mass is 16.5. The quantitative estimate of drug-likeness (QED) is 0.705. The van der Waals surface area contributed by atoms with Gasteiger partial charge in [-0.2, -0.15) is 0 Å². The fourth-order valence-electron chi connectivity index (χ4n) is 2.38. The average molecular weight is 279 g/mol. The van der Waals surface area contributed by atoms with E-state index in [4.69, 9.17) is 9.84 Å². The number of benzene rings is 1. The number of rotatable bonds is 9. The maximum Gasteiger partial charge on any atom is 0.176 e. The van der Waals surface area contributed by atoms with Crippen LogP contribution in [0.2, 0.25) is 0 Å². The Bertz CT molecular complexity index is 399. The van der Waals surface area contributed by atoms with Gasteiger partial charge in [0.2, 0.25) is 0 Å². The van der Waals surface area contributed by atoms with E-state index in [2.05, 4.69) is 18.7 Å². The summed E-state index contributed by atoms with van der Waals surface area (Å²) in [5.41, 5.74) is 0.680. The van der Waals surface area contributed by atoms with E-state index in [1.807, 2.05) is 0 Å². The summed E-state index contributed by atoms with van der Waals surface area (Å²) in [6, 6.07) is 7.49. The highest BCUT2D eigenvalue weighted by molar-refractivity contribution is 5.97. The largest absolute Gasteiger partial charge is 0.497 e. The minimum absolute atomic E-state index is 0.0758. The molecule has 0 radical (unpaired) electrons. The summed E-state index contributed by atoms with van der Waals surface area (Å²) in [5, 5.41) is 9.16. The zero-order valence-corrected chi connectivity index (χ0v) is 12.6. The van der Waals surface area contributed by atoms with Crippen molar-refractivity contribution in [1.82, 2.24) is 4.90 Å². The molecule has 1 N–H and O–H groups in total. The Labute approximate surface area is 121 Å². The van der Waals surface area contributed by atoms with Crippen molar-refractivity contribution in [2.45, 2.75) is 32.7 Å². The van der Waals surface area contributed by atoms with Gasteiger partial charge in [-0.05, 0) is 37.1 Å². The molecule has 0 saturated heterocycles. The predicted molar refractivity (Wildman–Crippen MR) is 80.4 cm³/mol. The van der Waals surface area contributed by atoms with Gasteiger partial charge in [-0.15, -0.1) is 0 Å². The molecule has 0 saturated carbocycles. The molecule has 0 amide bonds. The number of aliphatic hydroxyl groups is 1. The molecule has 1 aromatic carbocycles. The lowest BCUT2D eigenvalue weighted by molar-refractivity contribution is 0.0850. The van der Waals surface area contributed by atoms with Crippen LogP contribution in [-0.4, -0.2) is 48.6 Å². The van der Waals surface area contributed by atoms with Crippen LogP contribution < -0.4 is 4.74 Å². The molecule has 4 nitrogen and oxygen atoms in total. The number of ketones is 1. The van der Waals surface area contributed by atoms with E-state index < -0.39 is 0 Å². The van der Waals surface area contributed by atoms with Crippen molar-refractivity contribution in [1.29, 1.82) is 0 Å². The van der Waals surface area contributed by atoms with E-state index in [1.165, 1.54) is 0 Å². The van der Waals surface area contributed by atoms with Crippen LogP contribution in [0.4, 0.5) is 0 Å². The number of carbonyl (C=O) groups is 1. The molecule has 112 valence electrons. The molecule has 0 heterocycles. The fourth-order valence-corrected chi connectivity index (χ4v) is 2.38. The van der Waals surface area contributed by atoms with Gasteiger partial charge in [0.1, 0.15) is 5.75 Å². The molecule has 4 heteroatoms. The second kappa shape index (κ2) is 8.72. The molecule has 0 aliphatic rings. The number of carbonyl (C=O) groups excluding carboxylic acids is 1. The van der Waals surface area contributed by atoms with Gasteiger partial charge in [0.25, 0.3) is 0 Å². The lowest BCUT2D eigenvalue weighted by atomic mass is 10.1. The number of aliphatic hydroxyl groups excluding tert-OH is 1. The number of methoxy groups -OCH3 is 1. The zero-order chi connectivity index (χ0) is 15.0. The van der Waals surface area contributed by atoms with Crippen LogP contribution in [0.1, 0.15) is 37.0 Å². The van der Waals surface area contributed by atoms with Gasteiger partial charge < -0.3 is 9.84 Å². The second-order valence-electron chi connectivity index (χ2n) is 4.82. The molecule has 0 aliphatic heterocycles. The third kappa shape index (κ3) is 4.62. The Morgan fingerprint density at radius 3 is 2.30 bits per heavy atom. The highest BCUT2D eigenvalue weighted by Crippen LogP contribution is 2.14. The average Bonchev–Trinajstić information content (AvgIpc) is 2.48. The molecule has 1 aromatic rings. The fraction of sp³-hybridized carbons (Fsp3) is 0.562. The molecule has 0 spiro atoms. The molecule has 0 bridgehead atoms. The first-order chi connectivity index (χ1) is 9.65. The minimum atomic E-state index is 0.0758. The van der Waals surface area contributed by atoms with Crippen molar-refractivity contribution in [2.75, 3.05) is 26.8 Å². The van der Waals surface area contributed by atoms with Gasteiger partial charge in [-0.25, -0.2) is 0 Å². The van der Waals surface area contributed by atoms with Crippen LogP contribution in [0.3, 0.4) is 0 Å². The first-order valence-electron chi connectivity index (χ1n) is 7.18. The highest BCUT2D eigenvalue weighted by Gasteiger charge is 2.18. The summed E-state index contributed by atoms with van der Waals surface area (Å²) < 4.78 is 5.09. The first kappa shape index (κ1) is 16.7. The van der Waals surface area contributed by atoms with Crippen molar-refractivity contribution < 1.29 is 14.6 Å². The van der Waals surface area contributed by atoms with Crippen LogP contribution in [0.25, 0.3) is 0 Å². The van der Waals surface area contributed by atoms with Gasteiger partial charge in [0.05, 0.1) is 20.3 Å². The third-order valence-electron chi connectivity index (χ3n) is 3.60. The number of hydrogen-bond donors (Lipinski definition) is 1. The van der Waals surface area contributed by atoms with E-state index in [0.29, 0.717) is 24.7 Å². The number of nitrogens with zero attached hydrogens (tertiary/aromatic N) is 1. The first-order valence-corrected chi connectivity index (χ1v) is 7.18. The third-order valence-corrected chi connectivity index (χ3v) is 3.60. The van der Waals surface area contributed by atoms with E-state index in [1.54, 1.807) is 31.4 Å². The Morgan fingerprint density at radius 1 is 1.25 bits per heavy atom. The van der Waals surface area contributed by atoms with Gasteiger partial charge in [0, 0.05) is 18.2 Å². The lowest BCUT2D eigenvalue weighted by Crippen LogP contribution is -2.40. The summed E-state index contributed by atoms with van der Waals surface area (Å²) in [5.74, 6) is 0.821. The lowest BCUT2D eigenvalue weighted by Gasteiger charge is -2.29. The number of Topliss-reactive ketones (excluding diaryl/α,β-unsaturated/α-hetero) is 1. The standard InChI is InChI=1S/C16H25NO3/c1-4-14(5-2)17(10-11-18)12-16(19)13-6-8-15(20-3)9-7-13/h6-9,14,18H,4-5,10-12H2,1-3H3. The molecular weight excluding hydrogens is 254 g/mol. The van der Waals surface area contributed by atoms with Gasteiger partial charge in [-0.1, -0.05) is 13.8 Å². The smallest absolute Gasteiger partial charge is 0.176 e. The Hall–Kier alpha value is -1.39. The monoisotopic (exact) mass is 279 g/mol. The van der Waals surface area contributed by atoms with E-state index >= 15 is 0 Å². The molecule has 0 unspecified atom stereocenters. The molecular formula is C16H25NO3. The molecule has 0 aromatic heterocycles. The Kier molecular flexibility index (Phi) is 7.26. The van der Waals surface area contributed by atoms with Crippen molar-refractivity contribution in [3.05, 3.63) is 29.8 Å². The molecule has 20 heavy (non-hydrogen) atoms. The topological polar surface area (TPSA) is 49.8 Å². The van der Waals surface area contributed by atoms with Gasteiger partial charge >= 0.3 is 0 Å². The normalized spacial score (nSPS) is 11.1. The van der Waals surface area contributed by atoms with E-state index in [-0.39, 0.29) is 12.4 Å². The van der Waals surface area contributed by atoms with Crippen molar-refractivity contribution in [2.24, 2.45) is 0 Å². The summed E-state index contributed by atoms with van der Waals surface area (Å²) in [6.07, 6.45) is 1.96. The summed E-state index contributed by atoms with van der Waals surface area (Å²) in [4.78, 5) is 14.4. The van der Waals surface area contributed by atoms with Crippen molar-refractivity contribution in [3.63, 3.8) is 0 Å². The van der Waals surface area contributed by atoms with E-state index in [9.17, 15) is 4.79 Å². The number of hydrogen-bond acceptors (Lipinski definition) is 4. The zero-order valence-electron chi connectivity index (χ0n) is 12.6. The van der Waals surface area contributed by atoms with Crippen LogP contribution in [0.5, 0.6) is 5.75 Å². The van der Waals surface area contributed by atoms with Crippen LogP contribution in [0, 0.1) is 0 Å². The summed E-state index contributed by atoms with van der Waals surface area (Å²) in [7, 11) is 1.60. The second-order valence-corrected chi connectivity index (χ2v) is 4.82. The molecule has 0 fully saturated rings. The predicted octanol–water partition coefficient (Wildman–Crippen LogP) is 2.36. The van der Waals surface area contributed by atoms with Gasteiger partial charge in [0.15, 0.2) is 5.78 Å². The maximum atomic E-state index is 12.3. The SMILES string of the molecule is CCC(CC)N(CCO)CC(=O)c1ccc(OC)cc1. The summed E-state index contributed by atoms with van der Waals surface area (Å²) >= 11 is 0. The van der Waals surface area contributed by atoms with Crippen LogP contribution >= 0.6 is 0 Å². The van der Waals surface area contributed by atoms with E-state index in [0.717, 1.165) is 18.6 Å². The van der Waals surface area contributed by atoms with Crippen LogP contribution in [0.15, 0.2) is 24.3 Å². The van der Waals surface area contributed by atoms with Crippen molar-refractivity contribution >= 4 is 5.78 Å². The molecule has 0 aliphatic carbocycles. The minimum Gasteiger partial charge on any atom is -0.497 e. The maximum absolute atomic E-state index is 12.3.